The minimum absolute atomic E-state index is 0.0149. The molecule has 0 saturated carbocycles. The molecule has 2 unspecified atom stereocenters. The molecule has 1 amide bonds. The molecule has 2 aromatic carbocycles. The van der Waals surface area contributed by atoms with Gasteiger partial charge in [0, 0.05) is 25.3 Å². The van der Waals surface area contributed by atoms with E-state index in [2.05, 4.69) is 4.74 Å². The second-order valence-electron chi connectivity index (χ2n) is 6.98. The molecule has 1 heterocycles. The van der Waals surface area contributed by atoms with Crippen molar-refractivity contribution in [3.63, 3.8) is 0 Å². The molecule has 0 radical (unpaired) electrons. The number of anilines is 1. The molecular formula is C20H17Cl2F5N2O3. The third-order valence-electron chi connectivity index (χ3n) is 4.67. The van der Waals surface area contributed by atoms with Crippen molar-refractivity contribution in [1.82, 2.24) is 4.90 Å². The minimum Gasteiger partial charge on any atom is -0.435 e. The Labute approximate surface area is 190 Å². The van der Waals surface area contributed by atoms with E-state index in [0.29, 0.717) is 5.56 Å². The Morgan fingerprint density at radius 2 is 1.81 bits per heavy atom. The summed E-state index contributed by atoms with van der Waals surface area (Å²) in [4.78, 5) is 13.4. The number of carbonyl (C=O) groups is 1. The number of carbonyl (C=O) groups excluding carboxylic acids is 1. The number of amides is 1. The summed E-state index contributed by atoms with van der Waals surface area (Å²) in [6.07, 6.45) is -9.41. The van der Waals surface area contributed by atoms with Gasteiger partial charge in [-0.15, -0.1) is 0 Å². The van der Waals surface area contributed by atoms with Crippen LogP contribution in [0.5, 0.6) is 0 Å². The molecule has 0 aliphatic carbocycles. The van der Waals surface area contributed by atoms with E-state index < -0.39 is 42.7 Å². The van der Waals surface area contributed by atoms with Crippen LogP contribution in [0.25, 0.3) is 0 Å². The lowest BCUT2D eigenvalue weighted by molar-refractivity contribution is -0.209. The van der Waals surface area contributed by atoms with Crippen LogP contribution < -0.4 is 5.32 Å². The molecule has 0 aromatic heterocycles. The summed E-state index contributed by atoms with van der Waals surface area (Å²) >= 11 is 11.2. The van der Waals surface area contributed by atoms with Gasteiger partial charge in [-0.2, -0.15) is 13.2 Å². The largest absolute Gasteiger partial charge is 0.435 e. The highest BCUT2D eigenvalue weighted by molar-refractivity contribution is 6.31. The maximum absolute atomic E-state index is 13.7. The van der Waals surface area contributed by atoms with Crippen LogP contribution >= 0.6 is 23.2 Å². The van der Waals surface area contributed by atoms with Crippen molar-refractivity contribution >= 4 is 35.0 Å². The van der Waals surface area contributed by atoms with Gasteiger partial charge in [-0.1, -0.05) is 29.3 Å². The second-order valence-corrected chi connectivity index (χ2v) is 7.80. The quantitative estimate of drug-likeness (QED) is 0.527. The first kappa shape index (κ1) is 24.5. The summed E-state index contributed by atoms with van der Waals surface area (Å²) in [6.45, 7) is -0.412. The molecular weight excluding hydrogens is 482 g/mol. The van der Waals surface area contributed by atoms with Crippen molar-refractivity contribution < 1.29 is 36.2 Å². The van der Waals surface area contributed by atoms with Gasteiger partial charge < -0.3 is 9.47 Å². The highest BCUT2D eigenvalue weighted by Gasteiger charge is 2.44. The number of halogens is 7. The summed E-state index contributed by atoms with van der Waals surface area (Å²) in [7, 11) is 0. The van der Waals surface area contributed by atoms with Crippen molar-refractivity contribution in [2.24, 2.45) is 0 Å². The van der Waals surface area contributed by atoms with Crippen molar-refractivity contribution in [2.45, 2.75) is 18.4 Å². The number of ether oxygens (including phenoxy) is 2. The molecule has 0 spiro atoms. The minimum atomic E-state index is -4.86. The average Bonchev–Trinajstić information content (AvgIpc) is 2.72. The zero-order chi connectivity index (χ0) is 23.5. The number of hydrogen-bond acceptors (Lipinski definition) is 4. The van der Waals surface area contributed by atoms with Gasteiger partial charge in [0.05, 0.1) is 22.8 Å². The van der Waals surface area contributed by atoms with Crippen LogP contribution in [0, 0.1) is 11.6 Å². The lowest BCUT2D eigenvalue weighted by Crippen LogP contribution is -2.48. The van der Waals surface area contributed by atoms with Gasteiger partial charge in [-0.05, 0) is 35.9 Å². The third kappa shape index (κ3) is 6.44. The molecule has 3 rings (SSSR count). The average molecular weight is 499 g/mol. The molecule has 0 bridgehead atoms. The van der Waals surface area contributed by atoms with E-state index in [0.717, 1.165) is 18.2 Å². The maximum Gasteiger partial charge on any atom is 0.426 e. The summed E-state index contributed by atoms with van der Waals surface area (Å²) in [5.74, 6) is -1.52. The van der Waals surface area contributed by atoms with E-state index in [1.807, 2.05) is 5.32 Å². The molecule has 12 heteroatoms. The van der Waals surface area contributed by atoms with Crippen LogP contribution in [-0.4, -0.2) is 49.5 Å². The SMILES string of the molecule is O=C(Nc1ccc(Cl)c(F)c1)OC(CN1CCOC(c2ccc(Cl)c(F)c2)C1)C(F)(F)F. The van der Waals surface area contributed by atoms with Gasteiger partial charge in [0.15, 0.2) is 0 Å². The van der Waals surface area contributed by atoms with Crippen LogP contribution in [0.15, 0.2) is 36.4 Å². The third-order valence-corrected chi connectivity index (χ3v) is 5.28. The van der Waals surface area contributed by atoms with Gasteiger partial charge in [0.1, 0.15) is 11.6 Å². The molecule has 1 aliphatic rings. The molecule has 174 valence electrons. The molecule has 5 nitrogen and oxygen atoms in total. The second kappa shape index (κ2) is 10.2. The van der Waals surface area contributed by atoms with Gasteiger partial charge in [-0.25, -0.2) is 13.6 Å². The van der Waals surface area contributed by atoms with E-state index in [1.54, 1.807) is 0 Å². The van der Waals surface area contributed by atoms with E-state index in [9.17, 15) is 26.7 Å². The number of morpholine rings is 1. The number of hydrogen-bond donors (Lipinski definition) is 1. The zero-order valence-electron chi connectivity index (χ0n) is 16.3. The van der Waals surface area contributed by atoms with Gasteiger partial charge in [0.2, 0.25) is 6.10 Å². The standard InChI is InChI=1S/C20H17Cl2F5N2O3/c21-13-3-1-11(7-15(13)23)17-9-29(5-6-31-17)10-18(20(25,26)27)32-19(30)28-12-2-4-14(22)16(24)8-12/h1-4,7-8,17-18H,5-6,9-10H2,(H,28,30). The number of rotatable bonds is 5. The number of alkyl halides is 3. The van der Waals surface area contributed by atoms with Crippen LogP contribution in [0.3, 0.4) is 0 Å². The van der Waals surface area contributed by atoms with Crippen molar-refractivity contribution in [1.29, 1.82) is 0 Å². The lowest BCUT2D eigenvalue weighted by Gasteiger charge is -2.35. The Kier molecular flexibility index (Phi) is 7.81. The predicted octanol–water partition coefficient (Wildman–Crippen LogP) is 5.82. The Bertz CT molecular complexity index is 977. The first-order valence-corrected chi connectivity index (χ1v) is 10.1. The normalized spacial score (nSPS) is 18.3. The fourth-order valence-corrected chi connectivity index (χ4v) is 3.31. The van der Waals surface area contributed by atoms with Crippen molar-refractivity contribution in [3.05, 3.63) is 63.6 Å². The van der Waals surface area contributed by atoms with Crippen molar-refractivity contribution in [3.8, 4) is 0 Å². The first-order chi connectivity index (χ1) is 15.0. The molecule has 1 N–H and O–H groups in total. The Balaban J connectivity index is 1.65. The monoisotopic (exact) mass is 498 g/mol. The topological polar surface area (TPSA) is 50.8 Å². The molecule has 2 atom stereocenters. The molecule has 1 saturated heterocycles. The Morgan fingerprint density at radius 3 is 2.44 bits per heavy atom. The fourth-order valence-electron chi connectivity index (χ4n) is 3.08. The highest BCUT2D eigenvalue weighted by Crippen LogP contribution is 2.29. The maximum atomic E-state index is 13.7. The summed E-state index contributed by atoms with van der Waals surface area (Å²) in [6, 6.07) is 7.22. The highest BCUT2D eigenvalue weighted by atomic mass is 35.5. The van der Waals surface area contributed by atoms with E-state index in [4.69, 9.17) is 27.9 Å². The fraction of sp³-hybridized carbons (Fsp3) is 0.350. The first-order valence-electron chi connectivity index (χ1n) is 9.31. The smallest absolute Gasteiger partial charge is 0.426 e. The van der Waals surface area contributed by atoms with Gasteiger partial charge >= 0.3 is 12.3 Å². The molecule has 32 heavy (non-hydrogen) atoms. The van der Waals surface area contributed by atoms with Crippen LogP contribution in [0.1, 0.15) is 11.7 Å². The summed E-state index contributed by atoms with van der Waals surface area (Å²) in [5, 5.41) is 1.75. The Hall–Kier alpha value is -2.14. The van der Waals surface area contributed by atoms with Crippen LogP contribution in [-0.2, 0) is 9.47 Å². The molecule has 2 aromatic rings. The summed E-state index contributed by atoms with van der Waals surface area (Å²) < 4.78 is 77.8. The lowest BCUT2D eigenvalue weighted by atomic mass is 10.1. The van der Waals surface area contributed by atoms with E-state index >= 15 is 0 Å². The van der Waals surface area contributed by atoms with E-state index in [-0.39, 0.29) is 35.4 Å². The van der Waals surface area contributed by atoms with Gasteiger partial charge in [-0.3, -0.25) is 10.2 Å². The zero-order valence-corrected chi connectivity index (χ0v) is 17.8. The van der Waals surface area contributed by atoms with Crippen LogP contribution in [0.2, 0.25) is 10.0 Å². The number of nitrogens with zero attached hydrogens (tertiary/aromatic N) is 1. The molecule has 1 fully saturated rings. The Morgan fingerprint density at radius 1 is 1.16 bits per heavy atom. The molecule has 1 aliphatic heterocycles. The summed E-state index contributed by atoms with van der Waals surface area (Å²) in [5.41, 5.74) is 0.303. The van der Waals surface area contributed by atoms with Crippen LogP contribution in [0.4, 0.5) is 32.4 Å². The number of nitrogens with one attached hydrogen (secondary N) is 1. The number of benzene rings is 2. The predicted molar refractivity (Wildman–Crippen MR) is 108 cm³/mol. The van der Waals surface area contributed by atoms with Crippen molar-refractivity contribution in [2.75, 3.05) is 31.6 Å². The van der Waals surface area contributed by atoms with E-state index in [1.165, 1.54) is 23.1 Å². The van der Waals surface area contributed by atoms with Gasteiger partial charge in [0.25, 0.3) is 0 Å².